The lowest BCUT2D eigenvalue weighted by Gasteiger charge is -2.18. The molecule has 1 unspecified atom stereocenters. The number of methoxy groups -OCH3 is 1. The molecule has 1 atom stereocenters. The monoisotopic (exact) mass is 562 g/mol. The third kappa shape index (κ3) is 10.7. The summed E-state index contributed by atoms with van der Waals surface area (Å²) >= 11 is 0. The lowest BCUT2D eigenvalue weighted by atomic mass is 10.2. The highest BCUT2D eigenvalue weighted by Crippen LogP contribution is 2.19. The highest BCUT2D eigenvalue weighted by atomic mass is 127. The first-order valence-corrected chi connectivity index (χ1v) is 11.3. The molecule has 0 heterocycles. The predicted octanol–water partition coefficient (Wildman–Crippen LogP) is 2.37. The molecule has 2 aromatic rings. The number of rotatable bonds is 11. The second-order valence-electron chi connectivity index (χ2n) is 6.61. The Morgan fingerprint density at radius 2 is 1.77 bits per heavy atom. The van der Waals surface area contributed by atoms with Gasteiger partial charge in [-0.25, -0.2) is 13.1 Å². The van der Waals surface area contributed by atoms with Crippen LogP contribution in [0.1, 0.15) is 12.5 Å². The van der Waals surface area contributed by atoms with E-state index in [0.717, 1.165) is 11.3 Å². The fourth-order valence-corrected chi connectivity index (χ4v) is 3.48. The molecule has 0 aliphatic rings. The Balaban J connectivity index is 0.00000480. The van der Waals surface area contributed by atoms with Gasteiger partial charge in [0.2, 0.25) is 10.0 Å². The molecule has 2 rings (SSSR count). The van der Waals surface area contributed by atoms with Crippen LogP contribution in [0.3, 0.4) is 0 Å². The molecule has 8 nitrogen and oxygen atoms in total. The van der Waals surface area contributed by atoms with E-state index in [4.69, 9.17) is 9.47 Å². The Morgan fingerprint density at radius 3 is 2.45 bits per heavy atom. The average molecular weight is 562 g/mol. The molecule has 0 saturated heterocycles. The van der Waals surface area contributed by atoms with Crippen molar-refractivity contribution in [1.29, 1.82) is 0 Å². The quantitative estimate of drug-likeness (QED) is 0.221. The molecule has 3 N–H and O–H groups in total. The maximum absolute atomic E-state index is 12.2. The van der Waals surface area contributed by atoms with Crippen LogP contribution in [0.4, 0.5) is 0 Å². The molecule has 0 spiro atoms. The highest BCUT2D eigenvalue weighted by molar-refractivity contribution is 14.0. The van der Waals surface area contributed by atoms with Gasteiger partial charge >= 0.3 is 0 Å². The highest BCUT2D eigenvalue weighted by Gasteiger charge is 2.11. The van der Waals surface area contributed by atoms with E-state index >= 15 is 0 Å². The first-order chi connectivity index (χ1) is 14.4. The normalized spacial score (nSPS) is 12.4. The van der Waals surface area contributed by atoms with Crippen LogP contribution < -0.4 is 24.8 Å². The maximum Gasteiger partial charge on any atom is 0.213 e. The average Bonchev–Trinajstić information content (AvgIpc) is 2.75. The fourth-order valence-electron chi connectivity index (χ4n) is 2.57. The van der Waals surface area contributed by atoms with Gasteiger partial charge in [-0.2, -0.15) is 0 Å². The van der Waals surface area contributed by atoms with Gasteiger partial charge in [-0.15, -0.1) is 24.0 Å². The van der Waals surface area contributed by atoms with Gasteiger partial charge in [0.25, 0.3) is 0 Å². The third-order valence-electron chi connectivity index (χ3n) is 4.16. The minimum Gasteiger partial charge on any atom is -0.497 e. The zero-order valence-electron chi connectivity index (χ0n) is 18.0. The number of aliphatic imine (C=N–C) groups is 1. The van der Waals surface area contributed by atoms with E-state index in [1.54, 1.807) is 14.2 Å². The zero-order chi connectivity index (χ0) is 21.8. The van der Waals surface area contributed by atoms with Crippen LogP contribution in [-0.2, 0) is 16.6 Å². The summed E-state index contributed by atoms with van der Waals surface area (Å²) in [5, 5.41) is 6.13. The summed E-state index contributed by atoms with van der Waals surface area (Å²) in [5.74, 6) is 1.89. The molecule has 0 amide bonds. The minimum atomic E-state index is -3.39. The van der Waals surface area contributed by atoms with Crippen LogP contribution in [0.25, 0.3) is 0 Å². The summed E-state index contributed by atoms with van der Waals surface area (Å²) < 4.78 is 37.9. The molecule has 0 radical (unpaired) electrons. The van der Waals surface area contributed by atoms with Gasteiger partial charge in [0.15, 0.2) is 5.96 Å². The summed E-state index contributed by atoms with van der Waals surface area (Å²) in [7, 11) is -0.156. The number of nitrogens with one attached hydrogen (secondary N) is 3. The second kappa shape index (κ2) is 14.1. The third-order valence-corrected chi connectivity index (χ3v) is 5.49. The van der Waals surface area contributed by atoms with Crippen molar-refractivity contribution in [2.75, 3.05) is 33.0 Å². The number of hydrogen-bond acceptors (Lipinski definition) is 5. The molecule has 2 aromatic carbocycles. The summed E-state index contributed by atoms with van der Waals surface area (Å²) in [5.41, 5.74) is 0.913. The van der Waals surface area contributed by atoms with Crippen LogP contribution in [0.5, 0.6) is 11.5 Å². The summed E-state index contributed by atoms with van der Waals surface area (Å²) in [6, 6.07) is 16.8. The zero-order valence-corrected chi connectivity index (χ0v) is 21.1. The first-order valence-electron chi connectivity index (χ1n) is 9.68. The molecule has 0 fully saturated rings. The Kier molecular flexibility index (Phi) is 12.3. The number of guanidine groups is 1. The van der Waals surface area contributed by atoms with Crippen molar-refractivity contribution in [3.05, 3.63) is 60.2 Å². The van der Waals surface area contributed by atoms with E-state index in [2.05, 4.69) is 20.3 Å². The summed E-state index contributed by atoms with van der Waals surface area (Å²) in [6.45, 7) is 2.93. The van der Waals surface area contributed by atoms with Gasteiger partial charge in [-0.05, 0) is 24.6 Å². The van der Waals surface area contributed by atoms with Crippen LogP contribution in [0, 0.1) is 0 Å². The second-order valence-corrected chi connectivity index (χ2v) is 8.54. The van der Waals surface area contributed by atoms with Crippen molar-refractivity contribution in [2.24, 2.45) is 4.99 Å². The number of hydrogen-bond donors (Lipinski definition) is 3. The molecule has 172 valence electrons. The molecule has 0 aliphatic heterocycles. The molecular formula is C21H31IN4O4S. The molecule has 31 heavy (non-hydrogen) atoms. The molecular weight excluding hydrogens is 531 g/mol. The predicted molar refractivity (Wildman–Crippen MR) is 135 cm³/mol. The van der Waals surface area contributed by atoms with Crippen LogP contribution >= 0.6 is 24.0 Å². The van der Waals surface area contributed by atoms with Crippen molar-refractivity contribution < 1.29 is 17.9 Å². The van der Waals surface area contributed by atoms with Gasteiger partial charge in [0.05, 0.1) is 19.4 Å². The van der Waals surface area contributed by atoms with E-state index in [-0.39, 0.29) is 48.9 Å². The van der Waals surface area contributed by atoms with E-state index < -0.39 is 10.0 Å². The van der Waals surface area contributed by atoms with Crippen LogP contribution in [-0.4, -0.2) is 53.5 Å². The van der Waals surface area contributed by atoms with E-state index in [9.17, 15) is 8.42 Å². The lowest BCUT2D eigenvalue weighted by molar-refractivity contribution is 0.223. The van der Waals surface area contributed by atoms with Gasteiger partial charge < -0.3 is 20.1 Å². The Bertz CT molecular complexity index is 911. The largest absolute Gasteiger partial charge is 0.497 e. The van der Waals surface area contributed by atoms with Crippen molar-refractivity contribution in [2.45, 2.75) is 19.6 Å². The number of halogens is 1. The summed E-state index contributed by atoms with van der Waals surface area (Å²) in [4.78, 5) is 4.11. The number of benzene rings is 2. The van der Waals surface area contributed by atoms with Crippen molar-refractivity contribution >= 4 is 40.0 Å². The van der Waals surface area contributed by atoms with Crippen molar-refractivity contribution in [3.8, 4) is 11.5 Å². The Morgan fingerprint density at radius 1 is 1.06 bits per heavy atom. The molecule has 10 heteroatoms. The lowest BCUT2D eigenvalue weighted by Crippen LogP contribution is -2.44. The van der Waals surface area contributed by atoms with E-state index in [1.807, 2.05) is 61.5 Å². The van der Waals surface area contributed by atoms with Crippen LogP contribution in [0.15, 0.2) is 59.6 Å². The van der Waals surface area contributed by atoms with Crippen molar-refractivity contribution in [3.63, 3.8) is 0 Å². The smallest absolute Gasteiger partial charge is 0.213 e. The number of nitrogens with zero attached hydrogens (tertiary/aromatic N) is 1. The molecule has 0 aromatic heterocycles. The van der Waals surface area contributed by atoms with Crippen LogP contribution in [0.2, 0.25) is 0 Å². The number of ether oxygens (including phenoxy) is 2. The standard InChI is InChI=1S/C21H30N4O4S.HI/c1-17(29-20-11-7-10-19(14-20)28-3)15-24-21(22-2)23-12-13-30(26,27)25-16-18-8-5-4-6-9-18;/h4-11,14,17,25H,12-13,15-16H2,1-3H3,(H2,22,23,24);1H. The Hall–Kier alpha value is -2.05. The SMILES string of the molecule is CN=C(NCCS(=O)(=O)NCc1ccccc1)NCC(C)Oc1cccc(OC)c1.I. The molecule has 0 saturated carbocycles. The van der Waals surface area contributed by atoms with Gasteiger partial charge in [-0.3, -0.25) is 4.99 Å². The Labute approximate surface area is 201 Å². The molecule has 0 aliphatic carbocycles. The maximum atomic E-state index is 12.2. The van der Waals surface area contributed by atoms with Gasteiger partial charge in [0.1, 0.15) is 17.6 Å². The summed E-state index contributed by atoms with van der Waals surface area (Å²) in [6.07, 6.45) is -0.132. The minimum absolute atomic E-state index is 0. The van der Waals surface area contributed by atoms with Crippen molar-refractivity contribution in [1.82, 2.24) is 15.4 Å². The fraction of sp³-hybridized carbons (Fsp3) is 0.381. The number of sulfonamides is 1. The van der Waals surface area contributed by atoms with E-state index in [0.29, 0.717) is 18.3 Å². The topological polar surface area (TPSA) is 101 Å². The first kappa shape index (κ1) is 27.0. The van der Waals surface area contributed by atoms with Gasteiger partial charge in [0, 0.05) is 26.2 Å². The van der Waals surface area contributed by atoms with Gasteiger partial charge in [-0.1, -0.05) is 36.4 Å². The molecule has 0 bridgehead atoms. The van der Waals surface area contributed by atoms with E-state index in [1.165, 1.54) is 0 Å².